The van der Waals surface area contributed by atoms with Crippen LogP contribution in [0.5, 0.6) is 0 Å². The first-order valence-corrected chi connectivity index (χ1v) is 11.2. The molecule has 0 saturated heterocycles. The van der Waals surface area contributed by atoms with Gasteiger partial charge in [0.15, 0.2) is 5.13 Å². The number of aryl methyl sites for hydroxylation is 1. The Morgan fingerprint density at radius 3 is 2.55 bits per heavy atom. The Bertz CT molecular complexity index is 1150. The number of benzene rings is 2. The molecule has 0 saturated carbocycles. The van der Waals surface area contributed by atoms with Crippen molar-refractivity contribution in [3.63, 3.8) is 0 Å². The number of hydrazine groups is 1. The van der Waals surface area contributed by atoms with Crippen LogP contribution in [0.2, 0.25) is 0 Å². The Labute approximate surface area is 194 Å². The van der Waals surface area contributed by atoms with E-state index in [0.29, 0.717) is 10.8 Å². The molecular formula is C24H25F3N4OS. The SMILES string of the molecule is CC1NNc2ccc(-c3sc(N)nc3C#CCO)cc21.CCCc1ccc(C(F)(F)F)cc1. The van der Waals surface area contributed by atoms with E-state index in [-0.39, 0.29) is 12.6 Å². The van der Waals surface area contributed by atoms with Crippen LogP contribution in [0.3, 0.4) is 0 Å². The van der Waals surface area contributed by atoms with Gasteiger partial charge in [0.25, 0.3) is 0 Å². The van der Waals surface area contributed by atoms with E-state index in [1.54, 1.807) is 0 Å². The fourth-order valence-electron chi connectivity index (χ4n) is 3.33. The van der Waals surface area contributed by atoms with Crippen LogP contribution in [-0.4, -0.2) is 16.7 Å². The van der Waals surface area contributed by atoms with Crippen LogP contribution in [0.1, 0.15) is 48.7 Å². The lowest BCUT2D eigenvalue weighted by Gasteiger charge is -2.06. The maximum absolute atomic E-state index is 12.1. The third kappa shape index (κ3) is 6.26. The molecular weight excluding hydrogens is 449 g/mol. The summed E-state index contributed by atoms with van der Waals surface area (Å²) in [7, 11) is 0. The number of rotatable bonds is 3. The molecule has 1 aliphatic rings. The molecule has 1 aliphatic heterocycles. The molecule has 0 amide bonds. The number of halogens is 3. The number of nitrogens with zero attached hydrogens (tertiary/aromatic N) is 1. The minimum atomic E-state index is -4.22. The summed E-state index contributed by atoms with van der Waals surface area (Å²) in [6, 6.07) is 11.7. The lowest BCUT2D eigenvalue weighted by Crippen LogP contribution is -2.15. The fraction of sp³-hybridized carbons (Fsp3) is 0.292. The summed E-state index contributed by atoms with van der Waals surface area (Å²) in [5, 5.41) is 9.29. The standard InChI is InChI=1S/C14H14N4OS.C10H11F3/c1-8-10-7-9(4-5-11(10)18-17-8)13-12(3-2-6-19)16-14(15)20-13;1-2-3-8-4-6-9(7-5-8)10(11,12)13/h4-5,7-8,17-19H,6H2,1H3,(H2,15,16);4-7H,2-3H2,1H3. The van der Waals surface area contributed by atoms with E-state index in [0.717, 1.165) is 46.7 Å². The molecule has 3 aromatic rings. The molecule has 0 spiro atoms. The van der Waals surface area contributed by atoms with Gasteiger partial charge in [0.1, 0.15) is 12.3 Å². The molecule has 0 aliphatic carbocycles. The van der Waals surface area contributed by atoms with Crippen LogP contribution < -0.4 is 16.6 Å². The van der Waals surface area contributed by atoms with Crippen molar-refractivity contribution in [2.45, 2.75) is 38.9 Å². The van der Waals surface area contributed by atoms with Gasteiger partial charge in [0.05, 0.1) is 22.2 Å². The normalized spacial score (nSPS) is 14.4. The number of nitrogen functional groups attached to an aromatic ring is 1. The van der Waals surface area contributed by atoms with Crippen molar-refractivity contribution < 1.29 is 18.3 Å². The monoisotopic (exact) mass is 474 g/mol. The van der Waals surface area contributed by atoms with Gasteiger partial charge < -0.3 is 16.3 Å². The van der Waals surface area contributed by atoms with Gasteiger partial charge in [-0.05, 0) is 60.2 Å². The first kappa shape index (κ1) is 24.6. The predicted molar refractivity (Wildman–Crippen MR) is 127 cm³/mol. The minimum Gasteiger partial charge on any atom is -0.384 e. The van der Waals surface area contributed by atoms with E-state index in [1.165, 1.54) is 29.0 Å². The van der Waals surface area contributed by atoms with Gasteiger partial charge in [0.2, 0.25) is 0 Å². The number of aliphatic hydroxyl groups is 1. The summed E-state index contributed by atoms with van der Waals surface area (Å²) < 4.78 is 36.3. The number of hydrogen-bond donors (Lipinski definition) is 4. The molecule has 9 heteroatoms. The predicted octanol–water partition coefficient (Wildman–Crippen LogP) is 5.39. The Balaban J connectivity index is 0.000000205. The molecule has 1 unspecified atom stereocenters. The van der Waals surface area contributed by atoms with Gasteiger partial charge in [-0.3, -0.25) is 0 Å². The highest BCUT2D eigenvalue weighted by Gasteiger charge is 2.29. The topological polar surface area (TPSA) is 83.2 Å². The van der Waals surface area contributed by atoms with Gasteiger partial charge in [-0.2, -0.15) is 13.2 Å². The van der Waals surface area contributed by atoms with E-state index in [4.69, 9.17) is 10.8 Å². The number of nitrogens with two attached hydrogens (primary N) is 1. The van der Waals surface area contributed by atoms with E-state index < -0.39 is 11.7 Å². The Kier molecular flexibility index (Phi) is 7.97. The minimum absolute atomic E-state index is 0.189. The van der Waals surface area contributed by atoms with E-state index in [9.17, 15) is 13.2 Å². The summed E-state index contributed by atoms with van der Waals surface area (Å²) in [6.45, 7) is 3.90. The van der Waals surface area contributed by atoms with Gasteiger partial charge in [-0.15, -0.1) is 0 Å². The van der Waals surface area contributed by atoms with Crippen molar-refractivity contribution in [1.29, 1.82) is 0 Å². The maximum atomic E-state index is 12.1. The van der Waals surface area contributed by atoms with Crippen molar-refractivity contribution in [2.75, 3.05) is 17.8 Å². The number of nitrogens with one attached hydrogen (secondary N) is 2. The molecule has 174 valence electrons. The number of anilines is 2. The van der Waals surface area contributed by atoms with E-state index >= 15 is 0 Å². The number of fused-ring (bicyclic) bond motifs is 1. The second kappa shape index (κ2) is 10.7. The van der Waals surface area contributed by atoms with Crippen molar-refractivity contribution >= 4 is 22.2 Å². The van der Waals surface area contributed by atoms with Crippen LogP contribution in [0.4, 0.5) is 24.0 Å². The second-order valence-electron chi connectivity index (χ2n) is 7.43. The van der Waals surface area contributed by atoms with Crippen molar-refractivity contribution in [1.82, 2.24) is 10.4 Å². The number of alkyl halides is 3. The van der Waals surface area contributed by atoms with Gasteiger partial charge in [0, 0.05) is 0 Å². The highest BCUT2D eigenvalue weighted by atomic mass is 32.1. The van der Waals surface area contributed by atoms with Crippen molar-refractivity contribution in [2.24, 2.45) is 0 Å². The summed E-state index contributed by atoms with van der Waals surface area (Å²) >= 11 is 1.41. The zero-order valence-electron chi connectivity index (χ0n) is 18.3. The van der Waals surface area contributed by atoms with Gasteiger partial charge in [-0.1, -0.05) is 48.8 Å². The van der Waals surface area contributed by atoms with Crippen LogP contribution >= 0.6 is 11.3 Å². The van der Waals surface area contributed by atoms with Gasteiger partial charge >= 0.3 is 6.18 Å². The molecule has 5 nitrogen and oxygen atoms in total. The van der Waals surface area contributed by atoms with Gasteiger partial charge in [-0.25, -0.2) is 10.4 Å². The van der Waals surface area contributed by atoms with Crippen LogP contribution in [0.15, 0.2) is 42.5 Å². The zero-order chi connectivity index (χ0) is 24.0. The number of hydrogen-bond acceptors (Lipinski definition) is 6. The average molecular weight is 475 g/mol. The van der Waals surface area contributed by atoms with E-state index in [2.05, 4.69) is 40.7 Å². The van der Waals surface area contributed by atoms with E-state index in [1.807, 2.05) is 19.1 Å². The number of aliphatic hydroxyl groups excluding tert-OH is 1. The smallest absolute Gasteiger partial charge is 0.384 e. The molecule has 33 heavy (non-hydrogen) atoms. The first-order valence-electron chi connectivity index (χ1n) is 10.4. The molecule has 1 atom stereocenters. The number of aromatic nitrogens is 1. The molecule has 2 aromatic carbocycles. The molecule has 1 aromatic heterocycles. The Morgan fingerprint density at radius 2 is 1.91 bits per heavy atom. The summed E-state index contributed by atoms with van der Waals surface area (Å²) in [5.41, 5.74) is 16.4. The lowest BCUT2D eigenvalue weighted by molar-refractivity contribution is -0.137. The molecule has 4 rings (SSSR count). The summed E-state index contributed by atoms with van der Waals surface area (Å²) in [4.78, 5) is 5.15. The van der Waals surface area contributed by atoms with Crippen LogP contribution in [-0.2, 0) is 12.6 Å². The van der Waals surface area contributed by atoms with Crippen LogP contribution in [0.25, 0.3) is 10.4 Å². The maximum Gasteiger partial charge on any atom is 0.416 e. The molecule has 0 bridgehead atoms. The fourth-order valence-corrected chi connectivity index (χ4v) is 4.11. The first-order chi connectivity index (χ1) is 15.7. The number of thiazole rings is 1. The Morgan fingerprint density at radius 1 is 1.18 bits per heavy atom. The molecule has 5 N–H and O–H groups in total. The largest absolute Gasteiger partial charge is 0.416 e. The van der Waals surface area contributed by atoms with Crippen molar-refractivity contribution in [3.8, 4) is 22.3 Å². The van der Waals surface area contributed by atoms with Crippen molar-refractivity contribution in [3.05, 3.63) is 64.8 Å². The molecule has 2 heterocycles. The zero-order valence-corrected chi connectivity index (χ0v) is 19.1. The molecule has 0 fully saturated rings. The quantitative estimate of drug-likeness (QED) is 0.383. The summed E-state index contributed by atoms with van der Waals surface area (Å²) in [5.74, 6) is 5.47. The highest BCUT2D eigenvalue weighted by molar-refractivity contribution is 7.19. The van der Waals surface area contributed by atoms with Crippen LogP contribution in [0, 0.1) is 11.8 Å². The highest BCUT2D eigenvalue weighted by Crippen LogP contribution is 2.36. The second-order valence-corrected chi connectivity index (χ2v) is 8.46. The third-order valence-corrected chi connectivity index (χ3v) is 5.89. The lowest BCUT2D eigenvalue weighted by atomic mass is 10.0. The molecule has 0 radical (unpaired) electrons. The average Bonchev–Trinajstić information content (AvgIpc) is 3.34. The Hall–Kier alpha value is -3.06. The summed E-state index contributed by atoms with van der Waals surface area (Å²) in [6.07, 6.45) is -2.44. The third-order valence-electron chi connectivity index (χ3n) is 4.95.